The Labute approximate surface area is 148 Å². The van der Waals surface area contributed by atoms with Crippen LogP contribution in [-0.4, -0.2) is 6.36 Å². The first-order chi connectivity index (χ1) is 12.3. The number of halogens is 3. The van der Waals surface area contributed by atoms with Crippen molar-refractivity contribution in [1.29, 1.82) is 0 Å². The Kier molecular flexibility index (Phi) is 4.75. The predicted molar refractivity (Wildman–Crippen MR) is 94.2 cm³/mol. The fourth-order valence-electron chi connectivity index (χ4n) is 2.54. The number of benzene rings is 3. The molecule has 0 radical (unpaired) electrons. The SMILES string of the molecule is Cc1cccc(-c2ccc(N)cc2Oc2cccc(OC(F)(F)F)c2)c1. The molecular weight excluding hydrogens is 343 g/mol. The van der Waals surface area contributed by atoms with Gasteiger partial charge in [0.25, 0.3) is 0 Å². The number of alkyl halides is 3. The first-order valence-electron chi connectivity index (χ1n) is 7.80. The van der Waals surface area contributed by atoms with Gasteiger partial charge >= 0.3 is 6.36 Å². The minimum Gasteiger partial charge on any atom is -0.457 e. The second-order valence-electron chi connectivity index (χ2n) is 5.75. The van der Waals surface area contributed by atoms with Crippen molar-refractivity contribution in [3.05, 3.63) is 72.3 Å². The van der Waals surface area contributed by atoms with Crippen molar-refractivity contribution in [2.75, 3.05) is 5.73 Å². The summed E-state index contributed by atoms with van der Waals surface area (Å²) in [6.07, 6.45) is -4.76. The van der Waals surface area contributed by atoms with Gasteiger partial charge in [-0.05, 0) is 36.8 Å². The highest BCUT2D eigenvalue weighted by atomic mass is 19.4. The molecule has 0 aromatic heterocycles. The Morgan fingerprint density at radius 3 is 2.31 bits per heavy atom. The fourth-order valence-corrected chi connectivity index (χ4v) is 2.54. The van der Waals surface area contributed by atoms with Gasteiger partial charge in [0.15, 0.2) is 0 Å². The third kappa shape index (κ3) is 4.47. The summed E-state index contributed by atoms with van der Waals surface area (Å²) in [5.41, 5.74) is 9.11. The van der Waals surface area contributed by atoms with E-state index in [0.717, 1.165) is 16.7 Å². The van der Waals surface area contributed by atoms with E-state index in [1.54, 1.807) is 18.2 Å². The molecule has 0 saturated heterocycles. The van der Waals surface area contributed by atoms with Crippen molar-refractivity contribution < 1.29 is 22.6 Å². The summed E-state index contributed by atoms with van der Waals surface area (Å²) in [5, 5.41) is 0. The molecule has 3 aromatic carbocycles. The van der Waals surface area contributed by atoms with Gasteiger partial charge in [0.1, 0.15) is 17.2 Å². The van der Waals surface area contributed by atoms with Crippen molar-refractivity contribution in [2.45, 2.75) is 13.3 Å². The minimum atomic E-state index is -4.76. The predicted octanol–water partition coefficient (Wildman–Crippen LogP) is 5.94. The van der Waals surface area contributed by atoms with Gasteiger partial charge in [0.2, 0.25) is 0 Å². The van der Waals surface area contributed by atoms with E-state index in [4.69, 9.17) is 10.5 Å². The number of hydrogen-bond donors (Lipinski definition) is 1. The normalized spacial score (nSPS) is 11.2. The van der Waals surface area contributed by atoms with Gasteiger partial charge in [0, 0.05) is 23.4 Å². The molecule has 3 aromatic rings. The number of nitrogens with two attached hydrogens (primary N) is 1. The summed E-state index contributed by atoms with van der Waals surface area (Å²) >= 11 is 0. The summed E-state index contributed by atoms with van der Waals surface area (Å²) in [4.78, 5) is 0. The van der Waals surface area contributed by atoms with Crippen LogP contribution in [-0.2, 0) is 0 Å². The van der Waals surface area contributed by atoms with Crippen molar-refractivity contribution in [2.24, 2.45) is 0 Å². The number of hydrogen-bond acceptors (Lipinski definition) is 3. The van der Waals surface area contributed by atoms with Crippen molar-refractivity contribution in [3.63, 3.8) is 0 Å². The molecule has 0 aliphatic heterocycles. The van der Waals surface area contributed by atoms with E-state index < -0.39 is 6.36 Å². The Morgan fingerprint density at radius 1 is 0.846 bits per heavy atom. The van der Waals surface area contributed by atoms with Crippen LogP contribution in [0.2, 0.25) is 0 Å². The molecule has 2 N–H and O–H groups in total. The van der Waals surface area contributed by atoms with Gasteiger partial charge in [-0.1, -0.05) is 35.9 Å². The monoisotopic (exact) mass is 359 g/mol. The molecule has 0 atom stereocenters. The molecule has 0 amide bonds. The van der Waals surface area contributed by atoms with E-state index in [2.05, 4.69) is 4.74 Å². The molecule has 0 aliphatic carbocycles. The highest BCUT2D eigenvalue weighted by Gasteiger charge is 2.31. The van der Waals surface area contributed by atoms with Crippen LogP contribution in [0.5, 0.6) is 17.2 Å². The number of rotatable bonds is 4. The zero-order chi connectivity index (χ0) is 18.7. The first kappa shape index (κ1) is 17.7. The summed E-state index contributed by atoms with van der Waals surface area (Å²) in [5.74, 6) is 0.307. The molecular formula is C20H16F3NO2. The van der Waals surface area contributed by atoms with Gasteiger partial charge in [-0.25, -0.2) is 0 Å². The fraction of sp³-hybridized carbons (Fsp3) is 0.100. The smallest absolute Gasteiger partial charge is 0.457 e. The molecule has 6 heteroatoms. The number of ether oxygens (including phenoxy) is 2. The summed E-state index contributed by atoms with van der Waals surface area (Å²) in [6.45, 7) is 1.97. The third-order valence-electron chi connectivity index (χ3n) is 3.60. The third-order valence-corrected chi connectivity index (χ3v) is 3.60. The molecule has 0 fully saturated rings. The van der Waals surface area contributed by atoms with E-state index in [1.807, 2.05) is 37.3 Å². The van der Waals surface area contributed by atoms with Crippen molar-refractivity contribution in [3.8, 4) is 28.4 Å². The van der Waals surface area contributed by atoms with Crippen LogP contribution in [0.4, 0.5) is 18.9 Å². The Morgan fingerprint density at radius 2 is 1.58 bits per heavy atom. The molecule has 0 heterocycles. The summed E-state index contributed by atoms with van der Waals surface area (Å²) in [6, 6.07) is 18.4. The molecule has 0 spiro atoms. The maximum atomic E-state index is 12.4. The van der Waals surface area contributed by atoms with Crippen LogP contribution in [0.1, 0.15) is 5.56 Å². The molecule has 3 rings (SSSR count). The molecule has 0 aliphatic rings. The Balaban J connectivity index is 1.95. The van der Waals surface area contributed by atoms with E-state index >= 15 is 0 Å². The van der Waals surface area contributed by atoms with E-state index in [-0.39, 0.29) is 11.5 Å². The van der Waals surface area contributed by atoms with Crippen LogP contribution in [0.15, 0.2) is 66.7 Å². The van der Waals surface area contributed by atoms with Crippen LogP contribution >= 0.6 is 0 Å². The Bertz CT molecular complexity index is 923. The highest BCUT2D eigenvalue weighted by molar-refractivity contribution is 5.74. The average molecular weight is 359 g/mol. The number of anilines is 1. The molecule has 134 valence electrons. The topological polar surface area (TPSA) is 44.5 Å². The van der Waals surface area contributed by atoms with E-state index in [9.17, 15) is 13.2 Å². The summed E-state index contributed by atoms with van der Waals surface area (Å²) < 4.78 is 46.9. The molecule has 3 nitrogen and oxygen atoms in total. The zero-order valence-corrected chi connectivity index (χ0v) is 13.9. The Hall–Kier alpha value is -3.15. The van der Waals surface area contributed by atoms with Gasteiger partial charge in [0.05, 0.1) is 0 Å². The van der Waals surface area contributed by atoms with E-state index in [1.165, 1.54) is 18.2 Å². The highest BCUT2D eigenvalue weighted by Crippen LogP contribution is 2.36. The first-order valence-corrected chi connectivity index (χ1v) is 7.80. The molecule has 0 unspecified atom stereocenters. The second kappa shape index (κ2) is 7.00. The summed E-state index contributed by atoms with van der Waals surface area (Å²) in [7, 11) is 0. The van der Waals surface area contributed by atoms with Crippen LogP contribution < -0.4 is 15.2 Å². The lowest BCUT2D eigenvalue weighted by molar-refractivity contribution is -0.274. The molecule has 26 heavy (non-hydrogen) atoms. The molecule has 0 bridgehead atoms. The largest absolute Gasteiger partial charge is 0.573 e. The number of nitrogen functional groups attached to an aromatic ring is 1. The standard InChI is InChI=1S/C20H16F3NO2/c1-13-4-2-5-14(10-13)18-9-8-15(24)11-19(18)25-16-6-3-7-17(12-16)26-20(21,22)23/h2-12H,24H2,1H3. The lowest BCUT2D eigenvalue weighted by atomic mass is 10.0. The van der Waals surface area contributed by atoms with Crippen LogP contribution in [0, 0.1) is 6.92 Å². The van der Waals surface area contributed by atoms with Gasteiger partial charge in [-0.15, -0.1) is 13.2 Å². The maximum absolute atomic E-state index is 12.4. The maximum Gasteiger partial charge on any atom is 0.573 e. The van der Waals surface area contributed by atoms with Crippen LogP contribution in [0.3, 0.4) is 0 Å². The number of aryl methyl sites for hydroxylation is 1. The lowest BCUT2D eigenvalue weighted by Gasteiger charge is -2.14. The van der Waals surface area contributed by atoms with Crippen molar-refractivity contribution in [1.82, 2.24) is 0 Å². The molecule has 0 saturated carbocycles. The van der Waals surface area contributed by atoms with E-state index in [0.29, 0.717) is 11.4 Å². The lowest BCUT2D eigenvalue weighted by Crippen LogP contribution is -2.17. The zero-order valence-electron chi connectivity index (χ0n) is 13.9. The quantitative estimate of drug-likeness (QED) is 0.587. The average Bonchev–Trinajstić information content (AvgIpc) is 2.53. The van der Waals surface area contributed by atoms with Gasteiger partial charge in [-0.2, -0.15) is 0 Å². The van der Waals surface area contributed by atoms with Crippen LogP contribution in [0.25, 0.3) is 11.1 Å². The van der Waals surface area contributed by atoms with Crippen molar-refractivity contribution >= 4 is 5.69 Å². The van der Waals surface area contributed by atoms with Gasteiger partial charge in [-0.3, -0.25) is 0 Å². The second-order valence-corrected chi connectivity index (χ2v) is 5.75. The van der Waals surface area contributed by atoms with Gasteiger partial charge < -0.3 is 15.2 Å². The minimum absolute atomic E-state index is 0.214.